The molecule has 0 aliphatic carbocycles. The monoisotopic (exact) mass is 461 g/mol. The summed E-state index contributed by atoms with van der Waals surface area (Å²) in [5.74, 6) is 0.213. The zero-order chi connectivity index (χ0) is 23.1. The van der Waals surface area contributed by atoms with Crippen LogP contribution in [-0.2, 0) is 16.6 Å². The first kappa shape index (κ1) is 21.9. The van der Waals surface area contributed by atoms with E-state index in [9.17, 15) is 13.2 Å². The number of nitrogens with zero attached hydrogens (tertiary/aromatic N) is 3. The SMILES string of the molecule is O=C(Nc1ncccc1OCc1ccncc1)c1ccc(S(=O)(=O)Nc2ccncc2)cc1. The van der Waals surface area contributed by atoms with Crippen molar-refractivity contribution in [3.05, 3.63) is 103 Å². The van der Waals surface area contributed by atoms with E-state index in [2.05, 4.69) is 25.0 Å². The lowest BCUT2D eigenvalue weighted by molar-refractivity contribution is 0.102. The molecule has 0 fully saturated rings. The van der Waals surface area contributed by atoms with Gasteiger partial charge in [0, 0.05) is 36.5 Å². The number of ether oxygens (including phenoxy) is 1. The molecule has 0 aliphatic heterocycles. The lowest BCUT2D eigenvalue weighted by atomic mass is 10.2. The van der Waals surface area contributed by atoms with Crippen molar-refractivity contribution in [1.82, 2.24) is 15.0 Å². The fraction of sp³-hybridized carbons (Fsp3) is 0.0435. The molecular weight excluding hydrogens is 442 g/mol. The van der Waals surface area contributed by atoms with Crippen molar-refractivity contribution >= 4 is 27.4 Å². The molecule has 4 rings (SSSR count). The molecule has 0 aliphatic rings. The maximum absolute atomic E-state index is 12.7. The molecular formula is C23H19N5O4S. The number of benzene rings is 1. The summed E-state index contributed by atoms with van der Waals surface area (Å²) in [4.78, 5) is 24.7. The molecule has 0 spiro atoms. The maximum Gasteiger partial charge on any atom is 0.261 e. The summed E-state index contributed by atoms with van der Waals surface area (Å²) in [5, 5.41) is 2.70. The zero-order valence-electron chi connectivity index (χ0n) is 17.3. The average molecular weight is 462 g/mol. The number of hydrogen-bond donors (Lipinski definition) is 2. The third-order valence-electron chi connectivity index (χ3n) is 4.51. The lowest BCUT2D eigenvalue weighted by Crippen LogP contribution is -2.15. The van der Waals surface area contributed by atoms with Gasteiger partial charge in [0.1, 0.15) is 6.61 Å². The highest BCUT2D eigenvalue weighted by atomic mass is 32.2. The van der Waals surface area contributed by atoms with Crippen LogP contribution in [0.15, 0.2) is 96.5 Å². The van der Waals surface area contributed by atoms with E-state index in [1.165, 1.54) is 42.9 Å². The molecule has 2 N–H and O–H groups in total. The highest BCUT2D eigenvalue weighted by Gasteiger charge is 2.16. The molecule has 0 saturated heterocycles. The van der Waals surface area contributed by atoms with Gasteiger partial charge in [-0.2, -0.15) is 0 Å². The van der Waals surface area contributed by atoms with Crippen LogP contribution in [0.1, 0.15) is 15.9 Å². The topological polar surface area (TPSA) is 123 Å². The van der Waals surface area contributed by atoms with Crippen molar-refractivity contribution in [2.75, 3.05) is 10.0 Å². The Hall–Kier alpha value is -4.31. The highest BCUT2D eigenvalue weighted by Crippen LogP contribution is 2.23. The third-order valence-corrected chi connectivity index (χ3v) is 5.90. The summed E-state index contributed by atoms with van der Waals surface area (Å²) in [6.45, 7) is 0.286. The molecule has 10 heteroatoms. The second-order valence-corrected chi connectivity index (χ2v) is 8.50. The summed E-state index contributed by atoms with van der Waals surface area (Å²) < 4.78 is 33.3. The molecule has 4 aromatic rings. The van der Waals surface area contributed by atoms with Gasteiger partial charge in [-0.05, 0) is 66.2 Å². The molecule has 9 nitrogen and oxygen atoms in total. The number of sulfonamides is 1. The van der Waals surface area contributed by atoms with Gasteiger partial charge in [-0.3, -0.25) is 19.5 Å². The predicted octanol–water partition coefficient (Wildman–Crippen LogP) is 3.50. The Balaban J connectivity index is 1.44. The molecule has 0 unspecified atom stereocenters. The van der Waals surface area contributed by atoms with Crippen LogP contribution in [0.5, 0.6) is 5.75 Å². The highest BCUT2D eigenvalue weighted by molar-refractivity contribution is 7.92. The number of carbonyl (C=O) groups is 1. The lowest BCUT2D eigenvalue weighted by Gasteiger charge is -2.12. The van der Waals surface area contributed by atoms with Gasteiger partial charge in [-0.15, -0.1) is 0 Å². The van der Waals surface area contributed by atoms with Crippen LogP contribution in [0.3, 0.4) is 0 Å². The van der Waals surface area contributed by atoms with Crippen molar-refractivity contribution in [1.29, 1.82) is 0 Å². The predicted molar refractivity (Wildman–Crippen MR) is 122 cm³/mol. The third kappa shape index (κ3) is 5.69. The summed E-state index contributed by atoms with van der Waals surface area (Å²) in [6, 6.07) is 15.7. The standard InChI is InChI=1S/C23H19N5O4S/c29-23(27-22-21(2-1-11-26-22)32-16-17-7-12-24-13-8-17)18-3-5-20(6-4-18)33(30,31)28-19-9-14-25-15-10-19/h1-15H,16H2,(H,25,28)(H,26,27,29). The molecule has 1 amide bonds. The van der Waals surface area contributed by atoms with Crippen LogP contribution in [-0.4, -0.2) is 29.3 Å². The van der Waals surface area contributed by atoms with E-state index < -0.39 is 15.9 Å². The first-order valence-electron chi connectivity index (χ1n) is 9.82. The summed E-state index contributed by atoms with van der Waals surface area (Å²) in [5.41, 5.74) is 1.58. The fourth-order valence-electron chi connectivity index (χ4n) is 2.84. The van der Waals surface area contributed by atoms with Crippen molar-refractivity contribution in [2.45, 2.75) is 11.5 Å². The minimum atomic E-state index is -3.80. The molecule has 0 saturated carbocycles. The van der Waals surface area contributed by atoms with Gasteiger partial charge in [-0.25, -0.2) is 13.4 Å². The molecule has 0 atom stereocenters. The molecule has 3 aromatic heterocycles. The number of anilines is 2. The molecule has 0 bridgehead atoms. The molecule has 3 heterocycles. The normalized spacial score (nSPS) is 10.9. The Morgan fingerprint density at radius 1 is 0.848 bits per heavy atom. The van der Waals surface area contributed by atoms with E-state index in [0.29, 0.717) is 11.4 Å². The number of aromatic nitrogens is 3. The first-order valence-corrected chi connectivity index (χ1v) is 11.3. The quantitative estimate of drug-likeness (QED) is 0.412. The van der Waals surface area contributed by atoms with Crippen molar-refractivity contribution in [3.63, 3.8) is 0 Å². The Morgan fingerprint density at radius 3 is 2.21 bits per heavy atom. The fourth-order valence-corrected chi connectivity index (χ4v) is 3.90. The van der Waals surface area contributed by atoms with Crippen LogP contribution in [0.4, 0.5) is 11.5 Å². The zero-order valence-corrected chi connectivity index (χ0v) is 18.1. The summed E-state index contributed by atoms with van der Waals surface area (Å²) in [6.07, 6.45) is 7.84. The summed E-state index contributed by atoms with van der Waals surface area (Å²) >= 11 is 0. The second-order valence-electron chi connectivity index (χ2n) is 6.81. The Labute approximate surface area is 190 Å². The number of amides is 1. The maximum atomic E-state index is 12.7. The van der Waals surface area contributed by atoms with E-state index in [1.54, 1.807) is 36.7 Å². The summed E-state index contributed by atoms with van der Waals surface area (Å²) in [7, 11) is -3.80. The van der Waals surface area contributed by atoms with E-state index in [0.717, 1.165) is 5.56 Å². The number of nitrogens with one attached hydrogen (secondary N) is 2. The molecule has 1 aromatic carbocycles. The smallest absolute Gasteiger partial charge is 0.261 e. The van der Waals surface area contributed by atoms with Gasteiger partial charge < -0.3 is 10.1 Å². The minimum Gasteiger partial charge on any atom is -0.485 e. The van der Waals surface area contributed by atoms with E-state index in [-0.39, 0.29) is 22.9 Å². The van der Waals surface area contributed by atoms with Crippen molar-refractivity contribution < 1.29 is 17.9 Å². The molecule has 33 heavy (non-hydrogen) atoms. The Bertz CT molecular complexity index is 1330. The van der Waals surface area contributed by atoms with Gasteiger partial charge >= 0.3 is 0 Å². The van der Waals surface area contributed by atoms with E-state index >= 15 is 0 Å². The average Bonchev–Trinajstić information content (AvgIpc) is 2.84. The van der Waals surface area contributed by atoms with Crippen LogP contribution in [0.2, 0.25) is 0 Å². The van der Waals surface area contributed by atoms with Crippen molar-refractivity contribution in [2.24, 2.45) is 0 Å². The van der Waals surface area contributed by atoms with Gasteiger partial charge in [0.2, 0.25) is 0 Å². The van der Waals surface area contributed by atoms with Crippen LogP contribution >= 0.6 is 0 Å². The van der Waals surface area contributed by atoms with Crippen LogP contribution in [0.25, 0.3) is 0 Å². The largest absolute Gasteiger partial charge is 0.485 e. The Morgan fingerprint density at radius 2 is 1.52 bits per heavy atom. The number of carbonyl (C=O) groups excluding carboxylic acids is 1. The van der Waals surface area contributed by atoms with Crippen LogP contribution in [0, 0.1) is 0 Å². The van der Waals surface area contributed by atoms with Crippen LogP contribution < -0.4 is 14.8 Å². The van der Waals surface area contributed by atoms with E-state index in [4.69, 9.17) is 4.74 Å². The first-order chi connectivity index (χ1) is 16.0. The van der Waals surface area contributed by atoms with Gasteiger partial charge in [-0.1, -0.05) is 0 Å². The number of hydrogen-bond acceptors (Lipinski definition) is 7. The Kier molecular flexibility index (Phi) is 6.56. The number of rotatable bonds is 8. The van der Waals surface area contributed by atoms with Gasteiger partial charge in [0.05, 0.1) is 10.6 Å². The number of pyridine rings is 3. The molecule has 166 valence electrons. The van der Waals surface area contributed by atoms with E-state index in [1.807, 2.05) is 12.1 Å². The van der Waals surface area contributed by atoms with Gasteiger partial charge in [0.15, 0.2) is 11.6 Å². The minimum absolute atomic E-state index is 0.0232. The molecule has 0 radical (unpaired) electrons. The van der Waals surface area contributed by atoms with Gasteiger partial charge in [0.25, 0.3) is 15.9 Å². The van der Waals surface area contributed by atoms with Crippen molar-refractivity contribution in [3.8, 4) is 5.75 Å². The second kappa shape index (κ2) is 9.88.